The quantitative estimate of drug-likeness (QED) is 0.119. The minimum atomic E-state index is -2.40. The van der Waals surface area contributed by atoms with E-state index in [2.05, 4.69) is 30.9 Å². The topological polar surface area (TPSA) is 198 Å². The van der Waals surface area contributed by atoms with Gasteiger partial charge in [0.05, 0.1) is 18.3 Å². The van der Waals surface area contributed by atoms with Crippen LogP contribution >= 0.6 is 0 Å². The molecule has 7 unspecified atom stereocenters. The number of hydrogen-bond acceptors (Lipinski definition) is 13. The van der Waals surface area contributed by atoms with Gasteiger partial charge < -0.3 is 49.8 Å². The molecule has 1 aromatic carbocycles. The van der Waals surface area contributed by atoms with E-state index in [1.807, 2.05) is 69.5 Å². The van der Waals surface area contributed by atoms with Crippen molar-refractivity contribution in [2.75, 3.05) is 32.7 Å². The van der Waals surface area contributed by atoms with Gasteiger partial charge in [-0.15, -0.1) is 0 Å². The number of nitrogens with two attached hydrogens (primary N) is 1. The molecule has 396 valence electrons. The average Bonchev–Trinajstić information content (AvgIpc) is 3.35. The number of nitrogens with zero attached hydrogens (tertiary/aromatic N) is 2. The van der Waals surface area contributed by atoms with Gasteiger partial charge in [0, 0.05) is 57.4 Å². The lowest BCUT2D eigenvalue weighted by molar-refractivity contribution is -0.264. The largest absolute Gasteiger partial charge is 0.461 e. The fraction of sp³-hybridized carbons (Fsp3) is 0.684. The third-order valence-corrected chi connectivity index (χ3v) is 15.9. The lowest BCUT2D eigenvalue weighted by Gasteiger charge is -2.43. The van der Waals surface area contributed by atoms with Crippen molar-refractivity contribution in [3.05, 3.63) is 77.9 Å². The van der Waals surface area contributed by atoms with Crippen LogP contribution in [0, 0.1) is 29.6 Å². The summed E-state index contributed by atoms with van der Waals surface area (Å²) >= 11 is 0. The SMILES string of the molecule is COC1CC(C[C@@H](C)[C@@H]2CC[C@H](N)/C=C(\C)C(O)[C@@H](OC)C(=O)C(C)C[C@H](C)/C=C/C=C/C=C(\C)C[C@@H](N(C)c3ccccc3)C[C@@H]3CCC(C)C(O)(O3)C(=O)C(=O)N3CCCCC3C(=O)O2)CC[C@H]1O. The number of fused-ring (bicyclic) bond motifs is 3. The van der Waals surface area contributed by atoms with E-state index in [9.17, 15) is 34.5 Å². The molecule has 2 saturated heterocycles. The number of rotatable bonds is 7. The summed E-state index contributed by atoms with van der Waals surface area (Å²) in [5.41, 5.74) is 9.31. The third-order valence-electron chi connectivity index (χ3n) is 15.9. The Hall–Kier alpha value is -4.02. The van der Waals surface area contributed by atoms with Gasteiger partial charge in [-0.25, -0.2) is 4.79 Å². The predicted octanol–water partition coefficient (Wildman–Crippen LogP) is 7.57. The molecule has 0 radical (unpaired) electrons. The monoisotopic (exact) mass is 990 g/mol. The number of allylic oxidation sites excluding steroid dienone is 5. The van der Waals surface area contributed by atoms with Crippen LogP contribution in [0.5, 0.6) is 0 Å². The first-order chi connectivity index (χ1) is 33.8. The van der Waals surface area contributed by atoms with E-state index in [1.54, 1.807) is 27.0 Å². The van der Waals surface area contributed by atoms with Crippen LogP contribution in [0.15, 0.2) is 77.9 Å². The normalized spacial score (nSPS) is 38.0. The van der Waals surface area contributed by atoms with Gasteiger partial charge in [0.1, 0.15) is 24.4 Å². The van der Waals surface area contributed by atoms with E-state index in [0.717, 1.165) is 17.7 Å². The maximum Gasteiger partial charge on any atom is 0.329 e. The van der Waals surface area contributed by atoms with Gasteiger partial charge in [-0.1, -0.05) is 87.9 Å². The molecule has 0 aromatic heterocycles. The number of ether oxygens (including phenoxy) is 4. The molecule has 1 aliphatic carbocycles. The molecule has 5 rings (SSSR count). The lowest BCUT2D eigenvalue weighted by Crippen LogP contribution is -2.61. The Morgan fingerprint density at radius 2 is 1.62 bits per heavy atom. The number of amides is 1. The second kappa shape index (κ2) is 27.3. The maximum atomic E-state index is 14.5. The number of carbonyl (C=O) groups is 4. The molecule has 4 aliphatic rings. The number of ketones is 2. The van der Waals surface area contributed by atoms with Gasteiger partial charge in [0.2, 0.25) is 5.79 Å². The number of cyclic esters (lactones) is 1. The molecule has 1 amide bonds. The molecular formula is C57H87N3O11. The van der Waals surface area contributed by atoms with E-state index < -0.39 is 77.9 Å². The van der Waals surface area contributed by atoms with Crippen molar-refractivity contribution >= 4 is 29.1 Å². The summed E-state index contributed by atoms with van der Waals surface area (Å²) in [6.07, 6.45) is 15.1. The van der Waals surface area contributed by atoms with E-state index in [1.165, 1.54) is 12.0 Å². The summed E-state index contributed by atoms with van der Waals surface area (Å²) in [7, 11) is 5.05. The van der Waals surface area contributed by atoms with Crippen LogP contribution in [0.3, 0.4) is 0 Å². The number of anilines is 1. The first-order valence-corrected chi connectivity index (χ1v) is 26.4. The molecule has 71 heavy (non-hydrogen) atoms. The minimum Gasteiger partial charge on any atom is -0.461 e. The number of carbonyl (C=O) groups excluding carboxylic acids is 4. The van der Waals surface area contributed by atoms with E-state index in [-0.39, 0.29) is 48.6 Å². The van der Waals surface area contributed by atoms with Gasteiger partial charge in [0.25, 0.3) is 11.7 Å². The van der Waals surface area contributed by atoms with Crippen molar-refractivity contribution in [1.29, 1.82) is 0 Å². The summed E-state index contributed by atoms with van der Waals surface area (Å²) in [5.74, 6) is -6.24. The number of benzene rings is 1. The zero-order valence-corrected chi connectivity index (χ0v) is 44.1. The van der Waals surface area contributed by atoms with Crippen molar-refractivity contribution in [2.24, 2.45) is 35.3 Å². The molecule has 14 nitrogen and oxygen atoms in total. The predicted molar refractivity (Wildman–Crippen MR) is 276 cm³/mol. The lowest BCUT2D eigenvalue weighted by atomic mass is 9.78. The Bertz CT molecular complexity index is 2020. The van der Waals surface area contributed by atoms with Crippen molar-refractivity contribution in [1.82, 2.24) is 4.90 Å². The number of piperidine rings is 1. The van der Waals surface area contributed by atoms with Gasteiger partial charge in [-0.2, -0.15) is 0 Å². The highest BCUT2D eigenvalue weighted by Crippen LogP contribution is 2.38. The molecule has 3 aliphatic heterocycles. The highest BCUT2D eigenvalue weighted by molar-refractivity contribution is 6.39. The summed E-state index contributed by atoms with van der Waals surface area (Å²) in [6.45, 7) is 11.6. The van der Waals surface area contributed by atoms with Crippen LogP contribution in [0.1, 0.15) is 131 Å². The summed E-state index contributed by atoms with van der Waals surface area (Å²) in [4.78, 5) is 60.7. The smallest absolute Gasteiger partial charge is 0.329 e. The summed E-state index contributed by atoms with van der Waals surface area (Å²) in [6, 6.07) is 8.27. The van der Waals surface area contributed by atoms with E-state index in [0.29, 0.717) is 82.6 Å². The zero-order chi connectivity index (χ0) is 52.0. The van der Waals surface area contributed by atoms with Gasteiger partial charge in [0.15, 0.2) is 5.78 Å². The van der Waals surface area contributed by atoms with Gasteiger partial charge in [-0.05, 0) is 139 Å². The maximum absolute atomic E-state index is 14.5. The Morgan fingerprint density at radius 1 is 0.887 bits per heavy atom. The second-order valence-corrected chi connectivity index (χ2v) is 21.6. The zero-order valence-electron chi connectivity index (χ0n) is 44.1. The molecule has 0 spiro atoms. The first kappa shape index (κ1) is 57.9. The summed E-state index contributed by atoms with van der Waals surface area (Å²) in [5, 5.41) is 34.3. The van der Waals surface area contributed by atoms with Crippen LogP contribution in [-0.4, -0.2) is 132 Å². The fourth-order valence-electron chi connectivity index (χ4n) is 11.3. The number of esters is 1. The third kappa shape index (κ3) is 15.7. The van der Waals surface area contributed by atoms with Crippen molar-refractivity contribution in [3.63, 3.8) is 0 Å². The molecule has 1 aromatic rings. The molecule has 15 atom stereocenters. The number of Topliss-reactive ketones (excluding diaryl/α,β-unsaturated/α-hetero) is 2. The summed E-state index contributed by atoms with van der Waals surface area (Å²) < 4.78 is 24.1. The van der Waals surface area contributed by atoms with Crippen LogP contribution in [0.2, 0.25) is 0 Å². The van der Waals surface area contributed by atoms with Crippen LogP contribution in [0.25, 0.3) is 0 Å². The molecule has 3 fully saturated rings. The van der Waals surface area contributed by atoms with Crippen molar-refractivity contribution in [3.8, 4) is 0 Å². The van der Waals surface area contributed by atoms with E-state index in [4.69, 9.17) is 24.7 Å². The average molecular weight is 990 g/mol. The Kier molecular flexibility index (Phi) is 22.3. The number of aliphatic hydroxyl groups excluding tert-OH is 2. The molecule has 14 heteroatoms. The highest BCUT2D eigenvalue weighted by atomic mass is 16.6. The van der Waals surface area contributed by atoms with Crippen LogP contribution < -0.4 is 10.6 Å². The molecule has 2 bridgehead atoms. The number of hydrogen-bond donors (Lipinski definition) is 4. The van der Waals surface area contributed by atoms with Crippen molar-refractivity contribution < 1.29 is 53.4 Å². The van der Waals surface area contributed by atoms with Crippen LogP contribution in [-0.2, 0) is 38.1 Å². The highest BCUT2D eigenvalue weighted by Gasteiger charge is 2.53. The van der Waals surface area contributed by atoms with Crippen LogP contribution in [0.4, 0.5) is 5.69 Å². The number of para-hydroxylation sites is 1. The van der Waals surface area contributed by atoms with E-state index >= 15 is 0 Å². The first-order valence-electron chi connectivity index (χ1n) is 26.4. The Labute approximate surface area is 424 Å². The van der Waals surface area contributed by atoms with Crippen molar-refractivity contribution in [2.45, 2.75) is 192 Å². The molecule has 5 N–H and O–H groups in total. The standard InChI is InChI=1S/C57H87N3O11/c1-36-18-12-10-13-19-37(2)31-45(59(7)44-20-14-11-15-21-44)35-46-26-23-41(6)57(67,71-46)54(64)55(65)60-29-17-16-22-47(60)56(66)70-49(38(3)32-42-24-27-48(61)50(34-42)68-8)28-25-43(58)33-40(5)52(63)53(69-9)51(62)39(4)30-36/h10-15,18-21,33,36,38-39,41-43,45-50,52-53,61,63,67H,16-17,22-32,34-35,58H2,1-9H3/b13-10+,18-12+,37-19+,40-33+/t36-,38-,39?,41?,42?,43+,45-,46+,47?,48-,49+,50?,52?,53+,57?/m1/s1. The minimum absolute atomic E-state index is 0.0587. The molecular weight excluding hydrogens is 903 g/mol. The molecule has 3 heterocycles. The Balaban J connectivity index is 1.47. The fourth-order valence-corrected chi connectivity index (χ4v) is 11.3. The second-order valence-electron chi connectivity index (χ2n) is 21.6. The Morgan fingerprint density at radius 3 is 2.32 bits per heavy atom. The van der Waals surface area contributed by atoms with Gasteiger partial charge >= 0.3 is 5.97 Å². The number of aliphatic hydroxyl groups is 3. The molecule has 1 saturated carbocycles. The van der Waals surface area contributed by atoms with Gasteiger partial charge in [-0.3, -0.25) is 14.4 Å². The number of methoxy groups -OCH3 is 2.